The van der Waals surface area contributed by atoms with Crippen LogP contribution < -0.4 is 0 Å². The summed E-state index contributed by atoms with van der Waals surface area (Å²) in [7, 11) is 0. The normalized spacial score (nSPS) is 11.0. The van der Waals surface area contributed by atoms with Crippen molar-refractivity contribution in [3.8, 4) is 0 Å². The number of aromatic nitrogens is 4. The number of aromatic amines is 1. The molecule has 0 aliphatic carbocycles. The lowest BCUT2D eigenvalue weighted by Gasteiger charge is -2.03. The molecule has 0 fully saturated rings. The van der Waals surface area contributed by atoms with Crippen molar-refractivity contribution in [1.82, 2.24) is 20.2 Å². The summed E-state index contributed by atoms with van der Waals surface area (Å²) >= 11 is 7.00. The molecule has 1 N–H and O–H groups in total. The minimum absolute atomic E-state index is 0.102. The molecule has 4 nitrogen and oxygen atoms in total. The van der Waals surface area contributed by atoms with E-state index >= 15 is 0 Å². The van der Waals surface area contributed by atoms with Gasteiger partial charge in [-0.2, -0.15) is 10.1 Å². The Kier molecular flexibility index (Phi) is 2.89. The maximum absolute atomic E-state index is 13.6. The molecule has 90 valence electrons. The molecule has 3 aromatic rings. The van der Waals surface area contributed by atoms with Crippen molar-refractivity contribution in [2.75, 3.05) is 0 Å². The Labute approximate surface area is 111 Å². The predicted octanol–water partition coefficient (Wildman–Crippen LogP) is 3.30. The van der Waals surface area contributed by atoms with Gasteiger partial charge in [-0.15, -0.1) is 0 Å². The number of fused-ring (bicyclic) bond motifs is 1. The first kappa shape index (κ1) is 11.4. The van der Waals surface area contributed by atoms with E-state index in [4.69, 9.17) is 11.6 Å². The van der Waals surface area contributed by atoms with Gasteiger partial charge in [0.25, 0.3) is 0 Å². The maximum Gasteiger partial charge on any atom is 0.225 e. The predicted molar refractivity (Wildman–Crippen MR) is 67.2 cm³/mol. The zero-order valence-corrected chi connectivity index (χ0v) is 10.5. The van der Waals surface area contributed by atoms with Crippen LogP contribution in [0.25, 0.3) is 11.0 Å². The Bertz CT molecular complexity index is 715. The van der Waals surface area contributed by atoms with Gasteiger partial charge in [0.15, 0.2) is 5.65 Å². The summed E-state index contributed by atoms with van der Waals surface area (Å²) in [4.78, 5) is 8.57. The molecule has 0 bridgehead atoms. The molecule has 0 saturated heterocycles. The van der Waals surface area contributed by atoms with E-state index in [9.17, 15) is 4.39 Å². The Hall–Kier alpha value is -1.66. The van der Waals surface area contributed by atoms with Gasteiger partial charge in [0.05, 0.1) is 11.6 Å². The minimum atomic E-state index is -0.297. The number of hydrogen-bond donors (Lipinski definition) is 1. The van der Waals surface area contributed by atoms with E-state index in [0.29, 0.717) is 21.0 Å². The van der Waals surface area contributed by atoms with Crippen LogP contribution in [0, 0.1) is 5.82 Å². The molecule has 0 amide bonds. The zero-order valence-electron chi connectivity index (χ0n) is 8.89. The van der Waals surface area contributed by atoms with E-state index in [1.165, 1.54) is 17.8 Å². The zero-order chi connectivity index (χ0) is 12.5. The topological polar surface area (TPSA) is 54.5 Å². The smallest absolute Gasteiger partial charge is 0.225 e. The number of nitrogens with zero attached hydrogens (tertiary/aromatic N) is 3. The molecule has 0 aliphatic rings. The molecule has 0 atom stereocenters. The molecule has 0 spiro atoms. The van der Waals surface area contributed by atoms with Crippen LogP contribution in [0.3, 0.4) is 0 Å². The van der Waals surface area contributed by atoms with Gasteiger partial charge in [0.1, 0.15) is 10.8 Å². The lowest BCUT2D eigenvalue weighted by atomic mass is 10.3. The summed E-state index contributed by atoms with van der Waals surface area (Å²) in [6.45, 7) is 0. The monoisotopic (exact) mass is 280 g/mol. The van der Waals surface area contributed by atoms with Gasteiger partial charge in [0, 0.05) is 4.90 Å². The first-order valence-corrected chi connectivity index (χ1v) is 6.22. The Balaban J connectivity index is 2.10. The van der Waals surface area contributed by atoms with Crippen LogP contribution in [0.2, 0.25) is 5.28 Å². The van der Waals surface area contributed by atoms with Crippen LogP contribution in [0.15, 0.2) is 40.4 Å². The Morgan fingerprint density at radius 1 is 1.22 bits per heavy atom. The van der Waals surface area contributed by atoms with Gasteiger partial charge >= 0.3 is 0 Å². The van der Waals surface area contributed by atoms with Crippen LogP contribution in [0.4, 0.5) is 4.39 Å². The molecule has 7 heteroatoms. The standard InChI is InChI=1S/C11H6ClFN4S/c12-11-15-9-6(5-14-17-9)10(16-11)18-8-4-2-1-3-7(8)13/h1-5H,(H,14,15,16,17). The van der Waals surface area contributed by atoms with Gasteiger partial charge in [-0.05, 0) is 23.7 Å². The SMILES string of the molecule is Fc1ccccc1Sc1nc(Cl)nc2[nH]ncc12. The highest BCUT2D eigenvalue weighted by Gasteiger charge is 2.11. The first-order chi connectivity index (χ1) is 8.74. The van der Waals surface area contributed by atoms with E-state index in [1.54, 1.807) is 24.4 Å². The van der Waals surface area contributed by atoms with Gasteiger partial charge in [-0.25, -0.2) is 9.37 Å². The summed E-state index contributed by atoms with van der Waals surface area (Å²) in [5.41, 5.74) is 0.536. The summed E-state index contributed by atoms with van der Waals surface area (Å²) in [6, 6.07) is 6.49. The highest BCUT2D eigenvalue weighted by atomic mass is 35.5. The number of hydrogen-bond acceptors (Lipinski definition) is 4. The Morgan fingerprint density at radius 2 is 2.06 bits per heavy atom. The van der Waals surface area contributed by atoms with E-state index in [2.05, 4.69) is 20.2 Å². The van der Waals surface area contributed by atoms with Crippen LogP contribution in [-0.4, -0.2) is 20.2 Å². The lowest BCUT2D eigenvalue weighted by Crippen LogP contribution is -1.89. The third-order valence-corrected chi connectivity index (χ3v) is 3.52. The molecule has 0 unspecified atom stereocenters. The maximum atomic E-state index is 13.6. The molecule has 1 aromatic carbocycles. The molecule has 0 radical (unpaired) electrons. The minimum Gasteiger partial charge on any atom is -0.261 e. The summed E-state index contributed by atoms with van der Waals surface area (Å²) in [5.74, 6) is -0.297. The summed E-state index contributed by atoms with van der Waals surface area (Å²) in [6.07, 6.45) is 1.59. The lowest BCUT2D eigenvalue weighted by molar-refractivity contribution is 0.602. The van der Waals surface area contributed by atoms with E-state index in [0.717, 1.165) is 0 Å². The average Bonchev–Trinajstić information content (AvgIpc) is 2.80. The van der Waals surface area contributed by atoms with Gasteiger partial charge < -0.3 is 0 Å². The number of benzene rings is 1. The molecule has 0 aliphatic heterocycles. The quantitative estimate of drug-likeness (QED) is 0.578. The van der Waals surface area contributed by atoms with E-state index in [-0.39, 0.29) is 11.1 Å². The van der Waals surface area contributed by atoms with Crippen molar-refractivity contribution in [3.05, 3.63) is 41.6 Å². The van der Waals surface area contributed by atoms with Crippen LogP contribution in [0.1, 0.15) is 0 Å². The molecule has 0 saturated carbocycles. The molecule has 3 rings (SSSR count). The number of rotatable bonds is 2. The summed E-state index contributed by atoms with van der Waals surface area (Å²) in [5, 5.41) is 7.97. The average molecular weight is 281 g/mol. The first-order valence-electron chi connectivity index (χ1n) is 5.03. The summed E-state index contributed by atoms with van der Waals surface area (Å²) < 4.78 is 13.6. The van der Waals surface area contributed by atoms with Gasteiger partial charge in [-0.3, -0.25) is 5.10 Å². The number of nitrogens with one attached hydrogen (secondary N) is 1. The molecule has 2 heterocycles. The van der Waals surface area contributed by atoms with Crippen molar-refractivity contribution in [2.24, 2.45) is 0 Å². The van der Waals surface area contributed by atoms with Crippen molar-refractivity contribution in [2.45, 2.75) is 9.92 Å². The van der Waals surface area contributed by atoms with Crippen LogP contribution in [-0.2, 0) is 0 Å². The largest absolute Gasteiger partial charge is 0.261 e. The molecular weight excluding hydrogens is 275 g/mol. The fourth-order valence-electron chi connectivity index (χ4n) is 1.49. The fraction of sp³-hybridized carbons (Fsp3) is 0. The highest BCUT2D eigenvalue weighted by molar-refractivity contribution is 7.99. The number of H-pyrrole nitrogens is 1. The fourth-order valence-corrected chi connectivity index (χ4v) is 2.62. The Morgan fingerprint density at radius 3 is 2.89 bits per heavy atom. The third kappa shape index (κ3) is 2.04. The van der Waals surface area contributed by atoms with Gasteiger partial charge in [0.2, 0.25) is 5.28 Å². The van der Waals surface area contributed by atoms with Crippen molar-refractivity contribution >= 4 is 34.4 Å². The van der Waals surface area contributed by atoms with E-state index < -0.39 is 0 Å². The second-order valence-corrected chi connectivity index (χ2v) is 4.83. The third-order valence-electron chi connectivity index (χ3n) is 2.29. The highest BCUT2D eigenvalue weighted by Crippen LogP contribution is 2.32. The van der Waals surface area contributed by atoms with Crippen LogP contribution >= 0.6 is 23.4 Å². The molecular formula is C11H6ClFN4S. The molecule has 2 aromatic heterocycles. The second kappa shape index (κ2) is 4.55. The van der Waals surface area contributed by atoms with Crippen molar-refractivity contribution < 1.29 is 4.39 Å². The number of halogens is 2. The molecule has 18 heavy (non-hydrogen) atoms. The van der Waals surface area contributed by atoms with Gasteiger partial charge in [-0.1, -0.05) is 23.9 Å². The van der Waals surface area contributed by atoms with E-state index in [1.807, 2.05) is 0 Å². The van der Waals surface area contributed by atoms with Crippen molar-refractivity contribution in [1.29, 1.82) is 0 Å². The second-order valence-electron chi connectivity index (χ2n) is 3.46. The van der Waals surface area contributed by atoms with Crippen molar-refractivity contribution in [3.63, 3.8) is 0 Å². The van der Waals surface area contributed by atoms with Crippen LogP contribution in [0.5, 0.6) is 0 Å².